The van der Waals surface area contributed by atoms with Gasteiger partial charge in [0, 0.05) is 51.0 Å². The maximum absolute atomic E-state index is 14.0. The van der Waals surface area contributed by atoms with Crippen molar-refractivity contribution in [3.63, 3.8) is 0 Å². The van der Waals surface area contributed by atoms with Gasteiger partial charge in [-0.25, -0.2) is 0 Å². The number of piperazine rings is 1. The highest BCUT2D eigenvalue weighted by Crippen LogP contribution is 2.27. The third kappa shape index (κ3) is 8.58. The number of nitrogens with zero attached hydrogens (tertiary/aromatic N) is 4. The molecule has 218 valence electrons. The van der Waals surface area contributed by atoms with Gasteiger partial charge >= 0.3 is 0 Å². The van der Waals surface area contributed by atoms with Crippen LogP contribution in [0.15, 0.2) is 66.2 Å². The average molecular weight is 547 g/mol. The first-order valence-corrected chi connectivity index (χ1v) is 15.2. The van der Waals surface area contributed by atoms with Crippen molar-refractivity contribution in [2.24, 2.45) is 5.92 Å². The van der Waals surface area contributed by atoms with Gasteiger partial charge in [-0.1, -0.05) is 55.8 Å². The molecule has 0 radical (unpaired) electrons. The fourth-order valence-electron chi connectivity index (χ4n) is 5.72. The van der Waals surface area contributed by atoms with Gasteiger partial charge in [0.25, 0.3) is 0 Å². The summed E-state index contributed by atoms with van der Waals surface area (Å²) in [7, 11) is 2.15. The second kappa shape index (κ2) is 14.7. The monoisotopic (exact) mass is 546 g/mol. The molecule has 2 fully saturated rings. The lowest BCUT2D eigenvalue weighted by Crippen LogP contribution is -2.61. The number of anilines is 1. The van der Waals surface area contributed by atoms with E-state index in [4.69, 9.17) is 4.74 Å². The van der Waals surface area contributed by atoms with Crippen LogP contribution < -0.4 is 9.64 Å². The number of likely N-dealkylation sites (tertiary alicyclic amines) is 1. The number of carbonyl (C=O) groups excluding carboxylic acids is 1. The van der Waals surface area contributed by atoms with Crippen LogP contribution in [0.1, 0.15) is 52.5 Å². The Balaban J connectivity index is 1.45. The predicted molar refractivity (Wildman–Crippen MR) is 166 cm³/mol. The fraction of sp³-hybridized carbons (Fsp3) is 0.559. The van der Waals surface area contributed by atoms with Crippen LogP contribution in [0.2, 0.25) is 0 Å². The summed E-state index contributed by atoms with van der Waals surface area (Å²) in [6.45, 7) is 15.7. The van der Waals surface area contributed by atoms with Crippen LogP contribution in [0.4, 0.5) is 5.69 Å². The number of hydrogen-bond acceptors (Lipinski definition) is 5. The first-order chi connectivity index (χ1) is 19.3. The lowest BCUT2D eigenvalue weighted by atomic mass is 10.0. The molecule has 4 rings (SSSR count). The molecule has 0 saturated carbocycles. The Bertz CT molecular complexity index is 1080. The molecule has 0 aromatic heterocycles. The van der Waals surface area contributed by atoms with Gasteiger partial charge in [-0.2, -0.15) is 0 Å². The van der Waals surface area contributed by atoms with E-state index in [1.54, 1.807) is 0 Å². The standard InChI is InChI=1S/C34H50N4O2/c1-27(2)17-20-36-23-22-35(5)25-33(36)34(39)37-19-9-12-31(24-37)38(21-18-28(3)4)30-13-15-32(16-14-30)40-26-29-10-7-6-8-11-29/h6-8,10-11,13-16,18,27,31,33H,9,12,17,19-26H2,1-5H3. The summed E-state index contributed by atoms with van der Waals surface area (Å²) in [5, 5.41) is 0. The zero-order valence-corrected chi connectivity index (χ0v) is 25.4. The molecule has 1 amide bonds. The number of rotatable bonds is 11. The Labute approximate surface area is 242 Å². The predicted octanol–water partition coefficient (Wildman–Crippen LogP) is 5.69. The van der Waals surface area contributed by atoms with Gasteiger partial charge in [-0.05, 0) is 82.4 Å². The molecule has 2 heterocycles. The smallest absolute Gasteiger partial charge is 0.241 e. The molecule has 2 unspecified atom stereocenters. The Morgan fingerprint density at radius 2 is 1.77 bits per heavy atom. The zero-order valence-electron chi connectivity index (χ0n) is 25.4. The molecule has 2 atom stereocenters. The van der Waals surface area contributed by atoms with E-state index in [1.807, 2.05) is 18.2 Å². The number of benzene rings is 2. The van der Waals surface area contributed by atoms with E-state index >= 15 is 0 Å². The van der Waals surface area contributed by atoms with Crippen LogP contribution in [0.5, 0.6) is 5.75 Å². The van der Waals surface area contributed by atoms with Crippen molar-refractivity contribution in [3.8, 4) is 5.75 Å². The summed E-state index contributed by atoms with van der Waals surface area (Å²) in [5.41, 5.74) is 3.65. The van der Waals surface area contributed by atoms with Gasteiger partial charge in [-0.3, -0.25) is 9.69 Å². The summed E-state index contributed by atoms with van der Waals surface area (Å²) in [4.78, 5) is 23.4. The zero-order chi connectivity index (χ0) is 28.5. The Hall–Kier alpha value is -2.83. The molecule has 2 aliphatic heterocycles. The summed E-state index contributed by atoms with van der Waals surface area (Å²) in [6.07, 6.45) is 5.56. The first kappa shape index (κ1) is 30.1. The molecule has 0 spiro atoms. The number of likely N-dealkylation sites (N-methyl/N-ethyl adjacent to an activating group) is 1. The van der Waals surface area contributed by atoms with Gasteiger partial charge in [0.05, 0.1) is 0 Å². The molecule has 2 saturated heterocycles. The molecule has 0 N–H and O–H groups in total. The quantitative estimate of drug-likeness (QED) is 0.339. The number of allylic oxidation sites excluding steroid dienone is 1. The minimum Gasteiger partial charge on any atom is -0.489 e. The summed E-state index contributed by atoms with van der Waals surface area (Å²) in [5.74, 6) is 1.83. The van der Waals surface area contributed by atoms with Crippen molar-refractivity contribution in [3.05, 3.63) is 71.8 Å². The van der Waals surface area contributed by atoms with Gasteiger partial charge in [-0.15, -0.1) is 0 Å². The molecule has 2 aliphatic rings. The summed E-state index contributed by atoms with van der Waals surface area (Å²) >= 11 is 0. The molecule has 0 bridgehead atoms. The Morgan fingerprint density at radius 3 is 2.48 bits per heavy atom. The van der Waals surface area contributed by atoms with Crippen LogP contribution in [-0.4, -0.2) is 85.6 Å². The van der Waals surface area contributed by atoms with E-state index in [0.717, 1.165) is 76.4 Å². The SMILES string of the molecule is CC(C)=CCN(c1ccc(OCc2ccccc2)cc1)C1CCCN(C(=O)C2CN(C)CCN2CCC(C)C)C1. The van der Waals surface area contributed by atoms with E-state index in [0.29, 0.717) is 18.4 Å². The number of carbonyl (C=O) groups is 1. The normalized spacial score (nSPS) is 20.4. The molecular weight excluding hydrogens is 496 g/mol. The highest BCUT2D eigenvalue weighted by molar-refractivity contribution is 5.82. The lowest BCUT2D eigenvalue weighted by Gasteiger charge is -2.45. The van der Waals surface area contributed by atoms with Crippen LogP contribution >= 0.6 is 0 Å². The van der Waals surface area contributed by atoms with Crippen LogP contribution in [0, 0.1) is 5.92 Å². The molecule has 40 heavy (non-hydrogen) atoms. The molecule has 6 heteroatoms. The minimum absolute atomic E-state index is 0.0384. The number of hydrogen-bond donors (Lipinski definition) is 0. The minimum atomic E-state index is -0.0384. The second-order valence-corrected chi connectivity index (χ2v) is 12.3. The third-order valence-corrected chi connectivity index (χ3v) is 8.23. The molecule has 6 nitrogen and oxygen atoms in total. The van der Waals surface area contributed by atoms with Crippen molar-refractivity contribution >= 4 is 11.6 Å². The molecule has 2 aromatic rings. The van der Waals surface area contributed by atoms with Crippen LogP contribution in [0.3, 0.4) is 0 Å². The topological polar surface area (TPSA) is 39.3 Å². The largest absolute Gasteiger partial charge is 0.489 e. The van der Waals surface area contributed by atoms with E-state index < -0.39 is 0 Å². The molecule has 2 aromatic carbocycles. The van der Waals surface area contributed by atoms with E-state index in [9.17, 15) is 4.79 Å². The van der Waals surface area contributed by atoms with Crippen LogP contribution in [0.25, 0.3) is 0 Å². The Morgan fingerprint density at radius 1 is 1.02 bits per heavy atom. The Kier molecular flexibility index (Phi) is 11.1. The second-order valence-electron chi connectivity index (χ2n) is 12.3. The number of piperidine rings is 1. The van der Waals surface area contributed by atoms with Crippen molar-refractivity contribution in [1.29, 1.82) is 0 Å². The maximum Gasteiger partial charge on any atom is 0.241 e. The first-order valence-electron chi connectivity index (χ1n) is 15.2. The van der Waals surface area contributed by atoms with Crippen molar-refractivity contribution < 1.29 is 9.53 Å². The molecular formula is C34H50N4O2. The van der Waals surface area contributed by atoms with E-state index in [2.05, 4.69) is 96.8 Å². The van der Waals surface area contributed by atoms with E-state index in [1.165, 1.54) is 11.3 Å². The summed E-state index contributed by atoms with van der Waals surface area (Å²) in [6, 6.07) is 19.0. The lowest BCUT2D eigenvalue weighted by molar-refractivity contribution is -0.140. The van der Waals surface area contributed by atoms with Crippen molar-refractivity contribution in [1.82, 2.24) is 14.7 Å². The number of ether oxygens (including phenoxy) is 1. The number of amides is 1. The highest BCUT2D eigenvalue weighted by Gasteiger charge is 2.36. The molecule has 0 aliphatic carbocycles. The maximum atomic E-state index is 14.0. The summed E-state index contributed by atoms with van der Waals surface area (Å²) < 4.78 is 6.05. The highest BCUT2D eigenvalue weighted by atomic mass is 16.5. The van der Waals surface area contributed by atoms with Crippen molar-refractivity contribution in [2.45, 2.75) is 65.6 Å². The van der Waals surface area contributed by atoms with Gasteiger partial charge in [0.1, 0.15) is 18.4 Å². The van der Waals surface area contributed by atoms with Gasteiger partial charge < -0.3 is 19.4 Å². The average Bonchev–Trinajstić information content (AvgIpc) is 2.96. The van der Waals surface area contributed by atoms with Crippen molar-refractivity contribution in [2.75, 3.05) is 57.8 Å². The fourth-order valence-corrected chi connectivity index (χ4v) is 5.72. The third-order valence-electron chi connectivity index (χ3n) is 8.23. The van der Waals surface area contributed by atoms with Crippen LogP contribution in [-0.2, 0) is 11.4 Å². The van der Waals surface area contributed by atoms with E-state index in [-0.39, 0.29) is 12.1 Å². The van der Waals surface area contributed by atoms with Gasteiger partial charge in [0.2, 0.25) is 5.91 Å². The van der Waals surface area contributed by atoms with Gasteiger partial charge in [0.15, 0.2) is 0 Å².